The lowest BCUT2D eigenvalue weighted by atomic mass is 10.0. The minimum absolute atomic E-state index is 0.114. The third-order valence-corrected chi connectivity index (χ3v) is 3.83. The van der Waals surface area contributed by atoms with E-state index in [2.05, 4.69) is 10.6 Å². The average molecular weight is 349 g/mol. The number of carbonyl (C=O) groups is 3. The second-order valence-corrected chi connectivity index (χ2v) is 5.96. The van der Waals surface area contributed by atoms with E-state index in [1.54, 1.807) is 24.3 Å². The molecule has 0 spiro atoms. The van der Waals surface area contributed by atoms with Crippen molar-refractivity contribution in [2.24, 2.45) is 5.92 Å². The summed E-state index contributed by atoms with van der Waals surface area (Å²) < 4.78 is 5.24. The van der Waals surface area contributed by atoms with Gasteiger partial charge >= 0.3 is 5.97 Å². The minimum Gasteiger partial charge on any atom is -0.481 e. The molecular weight excluding hydrogens is 326 g/mol. The smallest absolute Gasteiger partial charge is 0.308 e. The fraction of sp³-hybridized carbons (Fsp3) is 0.471. The van der Waals surface area contributed by atoms with Crippen LogP contribution >= 0.6 is 0 Å². The van der Waals surface area contributed by atoms with E-state index in [9.17, 15) is 19.5 Å². The van der Waals surface area contributed by atoms with Gasteiger partial charge in [0.15, 0.2) is 0 Å². The Morgan fingerprint density at radius 2 is 1.84 bits per heavy atom. The van der Waals surface area contributed by atoms with Crippen LogP contribution in [-0.4, -0.2) is 60.6 Å². The van der Waals surface area contributed by atoms with Crippen molar-refractivity contribution in [1.29, 1.82) is 0 Å². The van der Waals surface area contributed by atoms with Crippen LogP contribution in [0.3, 0.4) is 0 Å². The number of nitrogens with one attached hydrogen (secondary N) is 2. The summed E-state index contributed by atoms with van der Waals surface area (Å²) in [6, 6.07) is 6.71. The fourth-order valence-electron chi connectivity index (χ4n) is 2.64. The molecule has 1 aromatic carbocycles. The minimum atomic E-state index is -0.992. The second-order valence-electron chi connectivity index (χ2n) is 5.96. The van der Waals surface area contributed by atoms with Gasteiger partial charge in [0.05, 0.1) is 19.1 Å². The van der Waals surface area contributed by atoms with Gasteiger partial charge in [-0.25, -0.2) is 0 Å². The average Bonchev–Trinajstić information content (AvgIpc) is 2.54. The number of carbonyl (C=O) groups excluding carboxylic acids is 2. The maximum Gasteiger partial charge on any atom is 0.308 e. The van der Waals surface area contributed by atoms with Crippen molar-refractivity contribution in [3.8, 4) is 0 Å². The van der Waals surface area contributed by atoms with Crippen molar-refractivity contribution in [2.45, 2.75) is 13.3 Å². The Balaban J connectivity index is 1.92. The van der Waals surface area contributed by atoms with Crippen LogP contribution < -0.4 is 10.6 Å². The Hall–Kier alpha value is -2.45. The number of carboxylic acid groups (broad SMARTS) is 1. The van der Waals surface area contributed by atoms with E-state index in [1.807, 2.05) is 4.90 Å². The van der Waals surface area contributed by atoms with Gasteiger partial charge in [0.25, 0.3) is 0 Å². The highest BCUT2D eigenvalue weighted by Gasteiger charge is 2.25. The molecule has 2 amide bonds. The molecule has 136 valence electrons. The van der Waals surface area contributed by atoms with Crippen LogP contribution in [0.5, 0.6) is 0 Å². The molecule has 0 saturated carbocycles. The summed E-state index contributed by atoms with van der Waals surface area (Å²) in [5, 5.41) is 14.7. The number of rotatable bonds is 7. The van der Waals surface area contributed by atoms with Crippen LogP contribution in [-0.2, 0) is 19.1 Å². The molecule has 1 heterocycles. The number of hydrogen-bond acceptors (Lipinski definition) is 5. The summed E-state index contributed by atoms with van der Waals surface area (Å²) in [6.07, 6.45) is -0.114. The van der Waals surface area contributed by atoms with Crippen LogP contribution in [0.2, 0.25) is 0 Å². The first-order chi connectivity index (χ1) is 11.9. The maximum atomic E-state index is 12.2. The van der Waals surface area contributed by atoms with E-state index in [1.165, 1.54) is 6.92 Å². The van der Waals surface area contributed by atoms with E-state index in [-0.39, 0.29) is 18.2 Å². The molecule has 8 heteroatoms. The van der Waals surface area contributed by atoms with Crippen LogP contribution in [0.1, 0.15) is 13.3 Å². The number of hydrogen-bond donors (Lipinski definition) is 3. The predicted molar refractivity (Wildman–Crippen MR) is 92.4 cm³/mol. The largest absolute Gasteiger partial charge is 0.481 e. The molecular formula is C17H23N3O5. The van der Waals surface area contributed by atoms with Crippen LogP contribution in [0, 0.1) is 5.92 Å². The molecule has 0 radical (unpaired) electrons. The zero-order valence-corrected chi connectivity index (χ0v) is 14.2. The summed E-state index contributed by atoms with van der Waals surface area (Å²) in [6.45, 7) is 4.21. The van der Waals surface area contributed by atoms with Gasteiger partial charge in [-0.3, -0.25) is 19.3 Å². The SMILES string of the molecule is CC(=O)Nc1cccc(NC(=O)C[C@H](CN2CCOCC2)C(=O)O)c1. The highest BCUT2D eigenvalue weighted by molar-refractivity contribution is 5.94. The lowest BCUT2D eigenvalue weighted by Gasteiger charge is -2.28. The molecule has 0 bridgehead atoms. The van der Waals surface area contributed by atoms with Gasteiger partial charge in [0, 0.05) is 44.4 Å². The Bertz CT molecular complexity index is 628. The Labute approximate surface area is 146 Å². The van der Waals surface area contributed by atoms with Crippen molar-refractivity contribution in [1.82, 2.24) is 4.90 Å². The van der Waals surface area contributed by atoms with Crippen molar-refractivity contribution >= 4 is 29.2 Å². The third-order valence-electron chi connectivity index (χ3n) is 3.83. The lowest BCUT2D eigenvalue weighted by molar-refractivity contribution is -0.144. The molecule has 8 nitrogen and oxygen atoms in total. The highest BCUT2D eigenvalue weighted by atomic mass is 16.5. The van der Waals surface area contributed by atoms with Gasteiger partial charge in [-0.2, -0.15) is 0 Å². The van der Waals surface area contributed by atoms with Crippen molar-refractivity contribution < 1.29 is 24.2 Å². The van der Waals surface area contributed by atoms with Gasteiger partial charge in [-0.05, 0) is 18.2 Å². The number of ether oxygens (including phenoxy) is 1. The highest BCUT2D eigenvalue weighted by Crippen LogP contribution is 2.16. The van der Waals surface area contributed by atoms with Crippen molar-refractivity contribution in [2.75, 3.05) is 43.5 Å². The van der Waals surface area contributed by atoms with Gasteiger partial charge < -0.3 is 20.5 Å². The molecule has 2 rings (SSSR count). The molecule has 1 aliphatic rings. The number of morpholine rings is 1. The van der Waals surface area contributed by atoms with Crippen molar-refractivity contribution in [3.05, 3.63) is 24.3 Å². The summed E-state index contributed by atoms with van der Waals surface area (Å²) in [4.78, 5) is 36.7. The predicted octanol–water partition coefficient (Wildman–Crippen LogP) is 1.01. The van der Waals surface area contributed by atoms with E-state index in [4.69, 9.17) is 4.74 Å². The number of benzene rings is 1. The molecule has 0 aliphatic carbocycles. The van der Waals surface area contributed by atoms with Gasteiger partial charge in [-0.1, -0.05) is 6.07 Å². The van der Waals surface area contributed by atoms with Crippen LogP contribution in [0.25, 0.3) is 0 Å². The summed E-state index contributed by atoms with van der Waals surface area (Å²) in [5.41, 5.74) is 1.07. The van der Waals surface area contributed by atoms with E-state index >= 15 is 0 Å². The summed E-state index contributed by atoms with van der Waals surface area (Å²) in [5.74, 6) is -2.36. The first-order valence-electron chi connectivity index (χ1n) is 8.14. The van der Waals surface area contributed by atoms with Crippen molar-refractivity contribution in [3.63, 3.8) is 0 Å². The first-order valence-corrected chi connectivity index (χ1v) is 8.14. The molecule has 1 aliphatic heterocycles. The monoisotopic (exact) mass is 349 g/mol. The maximum absolute atomic E-state index is 12.2. The molecule has 0 aromatic heterocycles. The Morgan fingerprint density at radius 1 is 1.20 bits per heavy atom. The van der Waals surface area contributed by atoms with E-state index in [0.717, 1.165) is 0 Å². The lowest BCUT2D eigenvalue weighted by Crippen LogP contribution is -2.41. The van der Waals surface area contributed by atoms with Gasteiger partial charge in [0.2, 0.25) is 11.8 Å². The number of carboxylic acids is 1. The topological polar surface area (TPSA) is 108 Å². The molecule has 1 atom stereocenters. The quantitative estimate of drug-likeness (QED) is 0.678. The van der Waals surface area contributed by atoms with Gasteiger partial charge in [-0.15, -0.1) is 0 Å². The van der Waals surface area contributed by atoms with Crippen LogP contribution in [0.15, 0.2) is 24.3 Å². The molecule has 1 saturated heterocycles. The van der Waals surface area contributed by atoms with Crippen LogP contribution in [0.4, 0.5) is 11.4 Å². The molecule has 1 fully saturated rings. The molecule has 1 aromatic rings. The number of amides is 2. The molecule has 0 unspecified atom stereocenters. The fourth-order valence-corrected chi connectivity index (χ4v) is 2.64. The number of anilines is 2. The summed E-state index contributed by atoms with van der Waals surface area (Å²) >= 11 is 0. The van der Waals surface area contributed by atoms with E-state index in [0.29, 0.717) is 44.2 Å². The van der Waals surface area contributed by atoms with E-state index < -0.39 is 11.9 Å². The molecule has 25 heavy (non-hydrogen) atoms. The third kappa shape index (κ3) is 6.52. The van der Waals surface area contributed by atoms with Gasteiger partial charge in [0.1, 0.15) is 0 Å². The number of aliphatic carboxylic acids is 1. The number of nitrogens with zero attached hydrogens (tertiary/aromatic N) is 1. The Kier molecular flexibility index (Phi) is 6.91. The summed E-state index contributed by atoms with van der Waals surface area (Å²) in [7, 11) is 0. The first kappa shape index (κ1) is 18.9. The zero-order chi connectivity index (χ0) is 18.2. The molecule has 3 N–H and O–H groups in total. The Morgan fingerprint density at radius 3 is 2.44 bits per heavy atom. The standard InChI is InChI=1S/C17H23N3O5/c1-12(21)18-14-3-2-4-15(10-14)19-16(22)9-13(17(23)24)11-20-5-7-25-8-6-20/h2-4,10,13H,5-9,11H2,1H3,(H,18,21)(H,19,22)(H,23,24)/t13-/m1/s1. The zero-order valence-electron chi connectivity index (χ0n) is 14.2. The normalized spacial score (nSPS) is 16.0. The second kappa shape index (κ2) is 9.14.